The highest BCUT2D eigenvalue weighted by molar-refractivity contribution is 6.10. The number of nitrogens with zero attached hydrogens (tertiary/aromatic N) is 4. The molecule has 0 amide bonds. The molecule has 3 aromatic carbocycles. The molecule has 0 aliphatic heterocycles. The summed E-state index contributed by atoms with van der Waals surface area (Å²) in [6.07, 6.45) is 3.68. The molecule has 6 aromatic rings. The van der Waals surface area contributed by atoms with Gasteiger partial charge in [0.05, 0.1) is 11.0 Å². The van der Waals surface area contributed by atoms with Gasteiger partial charge in [-0.15, -0.1) is 0 Å². The van der Waals surface area contributed by atoms with Crippen molar-refractivity contribution in [1.82, 2.24) is 14.5 Å². The number of fused-ring (bicyclic) bond motifs is 3. The van der Waals surface area contributed by atoms with Crippen molar-refractivity contribution < 1.29 is 4.74 Å². The fourth-order valence-electron chi connectivity index (χ4n) is 4.78. The monoisotopic (exact) mass is 470 g/mol. The van der Waals surface area contributed by atoms with E-state index in [4.69, 9.17) is 4.74 Å². The van der Waals surface area contributed by atoms with Gasteiger partial charge in [0.1, 0.15) is 11.6 Å². The molecule has 3 aromatic heterocycles. The highest BCUT2D eigenvalue weighted by Crippen LogP contribution is 2.35. The van der Waals surface area contributed by atoms with Crippen molar-refractivity contribution in [1.29, 1.82) is 0 Å². The van der Waals surface area contributed by atoms with Gasteiger partial charge in [-0.05, 0) is 60.0 Å². The van der Waals surface area contributed by atoms with Gasteiger partial charge >= 0.3 is 0 Å². The quantitative estimate of drug-likeness (QED) is 0.263. The van der Waals surface area contributed by atoms with E-state index in [1.165, 1.54) is 10.8 Å². The third kappa shape index (κ3) is 3.85. The molecular weight excluding hydrogens is 444 g/mol. The molecule has 0 atom stereocenters. The summed E-state index contributed by atoms with van der Waals surface area (Å²) in [6.45, 7) is 2.05. The first-order valence-electron chi connectivity index (χ1n) is 12.0. The minimum Gasteiger partial charge on any atom is -0.439 e. The van der Waals surface area contributed by atoms with Crippen LogP contribution in [0.15, 0.2) is 103 Å². The first-order valence-corrected chi connectivity index (χ1v) is 12.0. The van der Waals surface area contributed by atoms with Crippen molar-refractivity contribution in [2.75, 3.05) is 19.0 Å². The van der Waals surface area contributed by atoms with E-state index in [0.29, 0.717) is 5.88 Å². The number of anilines is 1. The van der Waals surface area contributed by atoms with Crippen LogP contribution in [0.1, 0.15) is 5.56 Å². The summed E-state index contributed by atoms with van der Waals surface area (Å²) in [5.74, 6) is 2.23. The zero-order valence-corrected chi connectivity index (χ0v) is 20.5. The zero-order valence-electron chi connectivity index (χ0n) is 20.5. The Morgan fingerprint density at radius 3 is 2.36 bits per heavy atom. The predicted octanol–water partition coefficient (Wildman–Crippen LogP) is 7.41. The van der Waals surface area contributed by atoms with Crippen LogP contribution in [0.25, 0.3) is 38.8 Å². The van der Waals surface area contributed by atoms with Gasteiger partial charge in [0, 0.05) is 49.0 Å². The molecule has 36 heavy (non-hydrogen) atoms. The molecule has 0 aliphatic rings. The van der Waals surface area contributed by atoms with E-state index < -0.39 is 0 Å². The number of para-hydroxylation sites is 1. The minimum atomic E-state index is 0.576. The number of rotatable bonds is 5. The summed E-state index contributed by atoms with van der Waals surface area (Å²) in [5.41, 5.74) is 6.64. The second kappa shape index (κ2) is 8.86. The zero-order chi connectivity index (χ0) is 24.6. The summed E-state index contributed by atoms with van der Waals surface area (Å²) in [5, 5.41) is 2.41. The van der Waals surface area contributed by atoms with Crippen LogP contribution >= 0.6 is 0 Å². The molecule has 0 radical (unpaired) electrons. The molecule has 0 aliphatic carbocycles. The van der Waals surface area contributed by atoms with Gasteiger partial charge in [-0.25, -0.2) is 9.97 Å². The largest absolute Gasteiger partial charge is 0.439 e. The van der Waals surface area contributed by atoms with Crippen LogP contribution in [0.2, 0.25) is 0 Å². The lowest BCUT2D eigenvalue weighted by molar-refractivity contribution is 0.463. The lowest BCUT2D eigenvalue weighted by Crippen LogP contribution is -2.10. The molecule has 5 nitrogen and oxygen atoms in total. The van der Waals surface area contributed by atoms with Crippen LogP contribution in [-0.4, -0.2) is 28.6 Å². The lowest BCUT2D eigenvalue weighted by Gasteiger charge is -2.16. The Bertz CT molecular complexity index is 1700. The van der Waals surface area contributed by atoms with Crippen molar-refractivity contribution >= 4 is 27.5 Å². The third-order valence-electron chi connectivity index (χ3n) is 6.47. The van der Waals surface area contributed by atoms with Gasteiger partial charge in [-0.2, -0.15) is 0 Å². The molecule has 5 heteroatoms. The topological polar surface area (TPSA) is 43.2 Å². The van der Waals surface area contributed by atoms with Crippen molar-refractivity contribution in [3.8, 4) is 28.6 Å². The van der Waals surface area contributed by atoms with Gasteiger partial charge in [-0.3, -0.25) is 4.57 Å². The predicted molar refractivity (Wildman–Crippen MR) is 147 cm³/mol. The van der Waals surface area contributed by atoms with Crippen LogP contribution in [0.4, 0.5) is 5.69 Å². The van der Waals surface area contributed by atoms with Crippen molar-refractivity contribution in [3.05, 3.63) is 109 Å². The molecule has 6 rings (SSSR count). The Balaban J connectivity index is 1.43. The Morgan fingerprint density at radius 1 is 0.722 bits per heavy atom. The number of benzene rings is 3. The second-order valence-corrected chi connectivity index (χ2v) is 9.11. The molecule has 0 bridgehead atoms. The highest BCUT2D eigenvalue weighted by atomic mass is 16.5. The van der Waals surface area contributed by atoms with E-state index in [1.54, 1.807) is 0 Å². The van der Waals surface area contributed by atoms with Gasteiger partial charge in [-0.1, -0.05) is 48.5 Å². The molecule has 176 valence electrons. The first-order chi connectivity index (χ1) is 17.6. The number of ether oxygens (including phenoxy) is 1. The average molecular weight is 471 g/mol. The minimum absolute atomic E-state index is 0.576. The van der Waals surface area contributed by atoms with Gasteiger partial charge in [0.25, 0.3) is 0 Å². The third-order valence-corrected chi connectivity index (χ3v) is 6.47. The molecule has 0 saturated heterocycles. The molecule has 0 unspecified atom stereocenters. The molecule has 0 fully saturated rings. The summed E-state index contributed by atoms with van der Waals surface area (Å²) in [6, 6.07) is 31.2. The van der Waals surface area contributed by atoms with Gasteiger partial charge < -0.3 is 9.64 Å². The Labute approximate surface area is 210 Å². The van der Waals surface area contributed by atoms with Crippen LogP contribution in [0.3, 0.4) is 0 Å². The highest BCUT2D eigenvalue weighted by Gasteiger charge is 2.14. The maximum Gasteiger partial charge on any atom is 0.221 e. The first kappa shape index (κ1) is 21.9. The molecule has 0 saturated carbocycles. The number of aryl methyl sites for hydroxylation is 1. The van der Waals surface area contributed by atoms with E-state index in [-0.39, 0.29) is 0 Å². The Kier molecular flexibility index (Phi) is 5.38. The summed E-state index contributed by atoms with van der Waals surface area (Å²) >= 11 is 0. The van der Waals surface area contributed by atoms with Gasteiger partial charge in [0.2, 0.25) is 5.88 Å². The fraction of sp³-hybridized carbons (Fsp3) is 0.0968. The smallest absolute Gasteiger partial charge is 0.221 e. The van der Waals surface area contributed by atoms with E-state index in [9.17, 15) is 0 Å². The fourth-order valence-corrected chi connectivity index (χ4v) is 4.78. The summed E-state index contributed by atoms with van der Waals surface area (Å²) < 4.78 is 8.39. The van der Waals surface area contributed by atoms with Crippen molar-refractivity contribution in [3.63, 3.8) is 0 Å². The Hall–Kier alpha value is -4.64. The number of hydrogen-bond acceptors (Lipinski definition) is 4. The maximum absolute atomic E-state index is 6.16. The number of hydrogen-bond donors (Lipinski definition) is 0. The normalized spacial score (nSPS) is 11.2. The van der Waals surface area contributed by atoms with Crippen molar-refractivity contribution in [2.24, 2.45) is 0 Å². The van der Waals surface area contributed by atoms with E-state index in [1.807, 2.05) is 69.8 Å². The van der Waals surface area contributed by atoms with Crippen LogP contribution < -0.4 is 9.64 Å². The van der Waals surface area contributed by atoms with E-state index in [0.717, 1.165) is 45.0 Å². The van der Waals surface area contributed by atoms with E-state index in [2.05, 4.69) is 74.0 Å². The number of pyridine rings is 2. The SMILES string of the molecule is Cc1cnc(Oc2cccc(-c3ccc4c5ccccc5n(-c5ccccn5)c4c3)c2)cc1N(C)C. The molecule has 0 N–H and O–H groups in total. The average Bonchev–Trinajstić information content (AvgIpc) is 3.24. The second-order valence-electron chi connectivity index (χ2n) is 9.11. The summed E-state index contributed by atoms with van der Waals surface area (Å²) in [4.78, 5) is 11.2. The van der Waals surface area contributed by atoms with Crippen molar-refractivity contribution in [2.45, 2.75) is 6.92 Å². The maximum atomic E-state index is 6.16. The van der Waals surface area contributed by atoms with Gasteiger partial charge in [0.15, 0.2) is 0 Å². The lowest BCUT2D eigenvalue weighted by atomic mass is 10.0. The molecule has 3 heterocycles. The number of aromatic nitrogens is 3. The summed E-state index contributed by atoms with van der Waals surface area (Å²) in [7, 11) is 4.04. The van der Waals surface area contributed by atoms with Crippen LogP contribution in [0.5, 0.6) is 11.6 Å². The van der Waals surface area contributed by atoms with Crippen LogP contribution in [0, 0.1) is 6.92 Å². The Morgan fingerprint density at radius 2 is 1.53 bits per heavy atom. The van der Waals surface area contributed by atoms with E-state index >= 15 is 0 Å². The molecule has 0 spiro atoms. The molecular formula is C31H26N4O. The van der Waals surface area contributed by atoms with Crippen LogP contribution in [-0.2, 0) is 0 Å². The standard InChI is InChI=1S/C31H26N4O/c1-21-20-33-31(19-28(21)34(2)3)36-24-10-8-9-22(17-24)23-14-15-26-25-11-4-5-12-27(25)35(29(26)18-23)30-13-6-7-16-32-30/h4-20H,1-3H3.